The molecule has 2 aromatic heterocycles. The van der Waals surface area contributed by atoms with Crippen molar-refractivity contribution in [2.45, 2.75) is 33.7 Å². The van der Waals surface area contributed by atoms with Crippen LogP contribution in [0.2, 0.25) is 0 Å². The van der Waals surface area contributed by atoms with Crippen LogP contribution in [0.4, 0.5) is 5.69 Å². The Balaban J connectivity index is 1.90. The molecule has 0 radical (unpaired) electrons. The lowest BCUT2D eigenvalue weighted by molar-refractivity contribution is 0.650. The Kier molecular flexibility index (Phi) is 4.72. The summed E-state index contributed by atoms with van der Waals surface area (Å²) in [6.07, 6.45) is 2.76. The van der Waals surface area contributed by atoms with E-state index in [0.29, 0.717) is 0 Å². The summed E-state index contributed by atoms with van der Waals surface area (Å²) in [7, 11) is 0. The summed E-state index contributed by atoms with van der Waals surface area (Å²) in [6.45, 7) is 7.26. The lowest BCUT2D eigenvalue weighted by Crippen LogP contribution is -2.17. The zero-order valence-corrected chi connectivity index (χ0v) is 14.6. The fourth-order valence-corrected chi connectivity index (χ4v) is 3.50. The van der Waals surface area contributed by atoms with Gasteiger partial charge in [-0.25, -0.2) is 4.99 Å². The molecule has 0 spiro atoms. The maximum atomic E-state index is 4.88. The molecule has 0 amide bonds. The normalized spacial score (nSPS) is 11.9. The number of aryl methyl sites for hydroxylation is 4. The molecule has 0 saturated heterocycles. The first-order valence-electron chi connectivity index (χ1n) is 7.80. The highest BCUT2D eigenvalue weighted by atomic mass is 32.1. The van der Waals surface area contributed by atoms with E-state index in [2.05, 4.69) is 60.0 Å². The van der Waals surface area contributed by atoms with Crippen molar-refractivity contribution in [2.24, 2.45) is 4.99 Å². The van der Waals surface area contributed by atoms with Crippen molar-refractivity contribution in [2.75, 3.05) is 0 Å². The monoisotopic (exact) mass is 323 g/mol. The molecule has 0 fully saturated rings. The number of benzene rings is 1. The molecule has 2 heterocycles. The first kappa shape index (κ1) is 15.7. The van der Waals surface area contributed by atoms with Gasteiger partial charge < -0.3 is 4.57 Å². The van der Waals surface area contributed by atoms with E-state index in [9.17, 15) is 0 Å². The smallest absolute Gasteiger partial charge is 0.190 e. The van der Waals surface area contributed by atoms with Crippen molar-refractivity contribution < 1.29 is 0 Å². The summed E-state index contributed by atoms with van der Waals surface area (Å²) in [4.78, 5) is 10.3. The van der Waals surface area contributed by atoms with Gasteiger partial charge in [0.15, 0.2) is 4.80 Å². The van der Waals surface area contributed by atoms with E-state index in [1.54, 1.807) is 11.3 Å². The van der Waals surface area contributed by atoms with Gasteiger partial charge in [-0.3, -0.25) is 4.98 Å². The van der Waals surface area contributed by atoms with Gasteiger partial charge in [-0.15, -0.1) is 11.3 Å². The predicted molar refractivity (Wildman–Crippen MR) is 96.1 cm³/mol. The standard InChI is InChI=1S/C19H21N3S/c1-14-7-8-18(15(2)12-14)21-19-22(16(3)13-23-19)11-9-17-6-4-5-10-20-17/h4-8,10,12-13H,9,11H2,1-3H3. The number of hydrogen-bond donors (Lipinski definition) is 0. The van der Waals surface area contributed by atoms with Crippen molar-refractivity contribution in [3.8, 4) is 0 Å². The molecule has 0 aliphatic rings. The van der Waals surface area contributed by atoms with Gasteiger partial charge in [-0.1, -0.05) is 23.8 Å². The van der Waals surface area contributed by atoms with Crippen LogP contribution in [0.15, 0.2) is 53.0 Å². The lowest BCUT2D eigenvalue weighted by atomic mass is 10.1. The second kappa shape index (κ2) is 6.92. The first-order chi connectivity index (χ1) is 11.1. The minimum atomic E-state index is 0.899. The number of nitrogens with zero attached hydrogens (tertiary/aromatic N) is 3. The molecule has 0 aliphatic carbocycles. The van der Waals surface area contributed by atoms with E-state index < -0.39 is 0 Å². The molecule has 3 rings (SSSR count). The van der Waals surface area contributed by atoms with Crippen LogP contribution in [-0.4, -0.2) is 9.55 Å². The topological polar surface area (TPSA) is 30.2 Å². The van der Waals surface area contributed by atoms with Crippen LogP contribution in [0.1, 0.15) is 22.5 Å². The number of rotatable bonds is 4. The number of thiazole rings is 1. The average molecular weight is 323 g/mol. The molecule has 118 valence electrons. The van der Waals surface area contributed by atoms with E-state index in [1.807, 2.05) is 18.3 Å². The fraction of sp³-hybridized carbons (Fsp3) is 0.263. The van der Waals surface area contributed by atoms with Crippen LogP contribution >= 0.6 is 11.3 Å². The summed E-state index contributed by atoms with van der Waals surface area (Å²) >= 11 is 1.69. The van der Waals surface area contributed by atoms with E-state index in [0.717, 1.165) is 29.1 Å². The Labute approximate surface area is 141 Å². The van der Waals surface area contributed by atoms with Gasteiger partial charge in [0.25, 0.3) is 0 Å². The molecule has 0 unspecified atom stereocenters. The highest BCUT2D eigenvalue weighted by Gasteiger charge is 2.04. The Morgan fingerprint density at radius 1 is 1.13 bits per heavy atom. The third-order valence-corrected chi connectivity index (χ3v) is 4.86. The summed E-state index contributed by atoms with van der Waals surface area (Å²) in [5.74, 6) is 0. The van der Waals surface area contributed by atoms with Gasteiger partial charge in [-0.05, 0) is 44.5 Å². The zero-order chi connectivity index (χ0) is 16.2. The van der Waals surface area contributed by atoms with Crippen molar-refractivity contribution in [1.82, 2.24) is 9.55 Å². The molecule has 3 aromatic rings. The van der Waals surface area contributed by atoms with Crippen molar-refractivity contribution in [3.63, 3.8) is 0 Å². The molecular formula is C19H21N3S. The van der Waals surface area contributed by atoms with E-state index in [1.165, 1.54) is 16.8 Å². The Morgan fingerprint density at radius 3 is 2.74 bits per heavy atom. The lowest BCUT2D eigenvalue weighted by Gasteiger charge is -2.06. The largest absolute Gasteiger partial charge is 0.321 e. The van der Waals surface area contributed by atoms with E-state index in [-0.39, 0.29) is 0 Å². The molecule has 1 aromatic carbocycles. The molecule has 3 nitrogen and oxygen atoms in total. The maximum absolute atomic E-state index is 4.88. The summed E-state index contributed by atoms with van der Waals surface area (Å²) in [5, 5.41) is 2.17. The van der Waals surface area contributed by atoms with E-state index >= 15 is 0 Å². The predicted octanol–water partition coefficient (Wildman–Crippen LogP) is 4.34. The van der Waals surface area contributed by atoms with Crippen LogP contribution < -0.4 is 4.80 Å². The van der Waals surface area contributed by atoms with Crippen molar-refractivity contribution >= 4 is 17.0 Å². The second-order valence-electron chi connectivity index (χ2n) is 5.78. The number of aromatic nitrogens is 2. The summed E-state index contributed by atoms with van der Waals surface area (Å²) < 4.78 is 2.28. The Hall–Kier alpha value is -2.20. The molecule has 0 N–H and O–H groups in total. The summed E-state index contributed by atoms with van der Waals surface area (Å²) in [5.41, 5.74) is 5.89. The Morgan fingerprint density at radius 2 is 2.00 bits per heavy atom. The maximum Gasteiger partial charge on any atom is 0.190 e. The minimum absolute atomic E-state index is 0.899. The third-order valence-electron chi connectivity index (χ3n) is 3.88. The Bertz CT molecular complexity index is 860. The third kappa shape index (κ3) is 3.77. The van der Waals surface area contributed by atoms with Gasteiger partial charge >= 0.3 is 0 Å². The van der Waals surface area contributed by atoms with Crippen molar-refractivity contribution in [1.29, 1.82) is 0 Å². The number of pyridine rings is 1. The zero-order valence-electron chi connectivity index (χ0n) is 13.8. The van der Waals surface area contributed by atoms with Gasteiger partial charge in [-0.2, -0.15) is 0 Å². The minimum Gasteiger partial charge on any atom is -0.321 e. The second-order valence-corrected chi connectivity index (χ2v) is 6.62. The van der Waals surface area contributed by atoms with Crippen LogP contribution in [0.5, 0.6) is 0 Å². The first-order valence-corrected chi connectivity index (χ1v) is 8.68. The molecule has 0 atom stereocenters. The highest BCUT2D eigenvalue weighted by Crippen LogP contribution is 2.19. The van der Waals surface area contributed by atoms with Crippen LogP contribution in [0.3, 0.4) is 0 Å². The van der Waals surface area contributed by atoms with Crippen molar-refractivity contribution in [3.05, 3.63) is 75.3 Å². The van der Waals surface area contributed by atoms with Gasteiger partial charge in [0.05, 0.1) is 5.69 Å². The SMILES string of the molecule is Cc1ccc(N=c2scc(C)n2CCc2ccccn2)c(C)c1. The van der Waals surface area contributed by atoms with Crippen LogP contribution in [0, 0.1) is 20.8 Å². The summed E-state index contributed by atoms with van der Waals surface area (Å²) in [6, 6.07) is 12.5. The quantitative estimate of drug-likeness (QED) is 0.702. The molecule has 4 heteroatoms. The molecule has 0 aliphatic heterocycles. The average Bonchev–Trinajstić information content (AvgIpc) is 2.89. The molecule has 23 heavy (non-hydrogen) atoms. The highest BCUT2D eigenvalue weighted by molar-refractivity contribution is 7.07. The van der Waals surface area contributed by atoms with Crippen LogP contribution in [0.25, 0.3) is 0 Å². The van der Waals surface area contributed by atoms with E-state index in [4.69, 9.17) is 4.99 Å². The molecule has 0 bridgehead atoms. The fourth-order valence-electron chi connectivity index (χ4n) is 2.58. The van der Waals surface area contributed by atoms with Gasteiger partial charge in [0.1, 0.15) is 0 Å². The van der Waals surface area contributed by atoms with Crippen LogP contribution in [-0.2, 0) is 13.0 Å². The molecule has 0 saturated carbocycles. The number of hydrogen-bond acceptors (Lipinski definition) is 3. The van der Waals surface area contributed by atoms with Gasteiger partial charge in [0, 0.05) is 35.9 Å². The van der Waals surface area contributed by atoms with Gasteiger partial charge in [0.2, 0.25) is 0 Å². The molecular weight excluding hydrogens is 302 g/mol.